The first-order valence-electron chi connectivity index (χ1n) is 8.75. The minimum absolute atomic E-state index is 0.0186. The van der Waals surface area contributed by atoms with Crippen LogP contribution in [-0.2, 0) is 22.6 Å². The maximum atomic E-state index is 13.3. The van der Waals surface area contributed by atoms with Gasteiger partial charge in [0.05, 0.1) is 0 Å². The van der Waals surface area contributed by atoms with Crippen LogP contribution in [0, 0.1) is 11.7 Å². The fraction of sp³-hybridized carbons (Fsp3) is 0.333. The van der Waals surface area contributed by atoms with Crippen molar-refractivity contribution in [3.05, 3.63) is 65.5 Å². The van der Waals surface area contributed by atoms with Crippen molar-refractivity contribution in [3.8, 4) is 5.75 Å². The Kier molecular flexibility index (Phi) is 7.34. The zero-order valence-corrected chi connectivity index (χ0v) is 15.5. The van der Waals surface area contributed by atoms with Crippen LogP contribution in [0.2, 0.25) is 0 Å². The molecule has 0 spiro atoms. The summed E-state index contributed by atoms with van der Waals surface area (Å²) in [6, 6.07) is 13.4. The number of carboxylic acids is 1. The van der Waals surface area contributed by atoms with Gasteiger partial charge < -0.3 is 14.7 Å². The van der Waals surface area contributed by atoms with Gasteiger partial charge in [-0.05, 0) is 47.7 Å². The van der Waals surface area contributed by atoms with Gasteiger partial charge in [-0.2, -0.15) is 0 Å². The molecule has 0 aliphatic rings. The number of carbonyl (C=O) groups is 2. The van der Waals surface area contributed by atoms with E-state index in [0.29, 0.717) is 25.1 Å². The molecule has 2 aromatic carbocycles. The molecular formula is C21H24FNO4. The van der Waals surface area contributed by atoms with Gasteiger partial charge in [-0.1, -0.05) is 31.2 Å². The molecule has 0 aliphatic carbocycles. The largest absolute Gasteiger partial charge is 0.482 e. The van der Waals surface area contributed by atoms with E-state index in [2.05, 4.69) is 0 Å². The van der Waals surface area contributed by atoms with Gasteiger partial charge in [0.15, 0.2) is 6.61 Å². The van der Waals surface area contributed by atoms with Gasteiger partial charge in [-0.25, -0.2) is 9.18 Å². The molecule has 1 amide bonds. The molecule has 1 atom stereocenters. The second-order valence-corrected chi connectivity index (χ2v) is 6.72. The first-order valence-corrected chi connectivity index (χ1v) is 8.75. The van der Waals surface area contributed by atoms with Crippen molar-refractivity contribution in [2.75, 3.05) is 13.7 Å². The number of rotatable bonds is 9. The predicted molar refractivity (Wildman–Crippen MR) is 99.9 cm³/mol. The number of aliphatic carboxylic acids is 1. The lowest BCUT2D eigenvalue weighted by atomic mass is 9.97. The van der Waals surface area contributed by atoms with Crippen molar-refractivity contribution >= 4 is 11.9 Å². The number of nitrogens with zero attached hydrogens (tertiary/aromatic N) is 1. The van der Waals surface area contributed by atoms with Crippen LogP contribution in [0.25, 0.3) is 0 Å². The van der Waals surface area contributed by atoms with Crippen LogP contribution in [0.3, 0.4) is 0 Å². The molecule has 0 saturated heterocycles. The first-order chi connectivity index (χ1) is 12.8. The third kappa shape index (κ3) is 7.09. The van der Waals surface area contributed by atoms with Gasteiger partial charge >= 0.3 is 5.97 Å². The van der Waals surface area contributed by atoms with Crippen molar-refractivity contribution in [2.45, 2.75) is 26.3 Å². The minimum atomic E-state index is -1.03. The summed E-state index contributed by atoms with van der Waals surface area (Å²) in [7, 11) is 1.74. The molecule has 0 saturated carbocycles. The van der Waals surface area contributed by atoms with Crippen LogP contribution in [0.1, 0.15) is 24.5 Å². The quantitative estimate of drug-likeness (QED) is 0.730. The van der Waals surface area contributed by atoms with Gasteiger partial charge in [0.2, 0.25) is 5.91 Å². The number of carbonyl (C=O) groups excluding carboxylic acids is 1. The smallest absolute Gasteiger partial charge is 0.341 e. The molecule has 1 N–H and O–H groups in total. The summed E-state index contributed by atoms with van der Waals surface area (Å²) in [6.07, 6.45) is 1.03. The van der Waals surface area contributed by atoms with Crippen LogP contribution in [-0.4, -0.2) is 35.5 Å². The highest BCUT2D eigenvalue weighted by molar-refractivity contribution is 5.76. The molecule has 0 bridgehead atoms. The first kappa shape index (κ1) is 20.4. The number of hydrogen-bond acceptors (Lipinski definition) is 3. The molecule has 27 heavy (non-hydrogen) atoms. The molecule has 0 aromatic heterocycles. The lowest BCUT2D eigenvalue weighted by Crippen LogP contribution is -2.28. The molecule has 0 aliphatic heterocycles. The van der Waals surface area contributed by atoms with E-state index in [0.717, 1.165) is 11.1 Å². The fourth-order valence-corrected chi connectivity index (χ4v) is 2.79. The Morgan fingerprint density at radius 2 is 1.85 bits per heavy atom. The standard InChI is InChI=1S/C21H24FNO4/c1-15(10-17-4-3-5-18(22)12-17)11-20(24)23(2)13-16-6-8-19(9-7-16)27-14-21(25)26/h3-9,12,15H,10-11,13-14H2,1-2H3,(H,25,26). The summed E-state index contributed by atoms with van der Waals surface area (Å²) in [5, 5.41) is 8.60. The summed E-state index contributed by atoms with van der Waals surface area (Å²) >= 11 is 0. The second-order valence-electron chi connectivity index (χ2n) is 6.72. The maximum absolute atomic E-state index is 13.3. The average Bonchev–Trinajstić information content (AvgIpc) is 2.60. The highest BCUT2D eigenvalue weighted by Crippen LogP contribution is 2.16. The van der Waals surface area contributed by atoms with E-state index in [9.17, 15) is 14.0 Å². The van der Waals surface area contributed by atoms with Crippen LogP contribution < -0.4 is 4.74 Å². The van der Waals surface area contributed by atoms with E-state index in [4.69, 9.17) is 9.84 Å². The molecule has 2 aromatic rings. The Hall–Kier alpha value is -2.89. The molecule has 2 rings (SSSR count). The molecule has 144 valence electrons. The Labute approximate surface area is 158 Å². The van der Waals surface area contributed by atoms with Crippen LogP contribution in [0.5, 0.6) is 5.75 Å². The topological polar surface area (TPSA) is 66.8 Å². The third-order valence-corrected chi connectivity index (χ3v) is 4.13. The Morgan fingerprint density at radius 1 is 1.15 bits per heavy atom. The molecule has 1 unspecified atom stereocenters. The molecule has 6 heteroatoms. The number of benzene rings is 2. The number of ether oxygens (including phenoxy) is 1. The van der Waals surface area contributed by atoms with Crippen LogP contribution in [0.15, 0.2) is 48.5 Å². The van der Waals surface area contributed by atoms with Crippen molar-refractivity contribution in [1.82, 2.24) is 4.90 Å². The van der Waals surface area contributed by atoms with Crippen molar-refractivity contribution in [1.29, 1.82) is 0 Å². The maximum Gasteiger partial charge on any atom is 0.341 e. The van der Waals surface area contributed by atoms with E-state index >= 15 is 0 Å². The number of halogens is 1. The number of amides is 1. The number of hydrogen-bond donors (Lipinski definition) is 1. The molecule has 0 fully saturated rings. The summed E-state index contributed by atoms with van der Waals surface area (Å²) < 4.78 is 18.3. The SMILES string of the molecule is CC(CC(=O)N(C)Cc1ccc(OCC(=O)O)cc1)Cc1cccc(F)c1. The van der Waals surface area contributed by atoms with Crippen molar-refractivity contribution in [2.24, 2.45) is 5.92 Å². The third-order valence-electron chi connectivity index (χ3n) is 4.13. The second kappa shape index (κ2) is 9.71. The molecular weight excluding hydrogens is 349 g/mol. The van der Waals surface area contributed by atoms with Crippen molar-refractivity contribution < 1.29 is 23.8 Å². The molecule has 0 heterocycles. The fourth-order valence-electron chi connectivity index (χ4n) is 2.79. The molecule has 0 radical (unpaired) electrons. The molecule has 5 nitrogen and oxygen atoms in total. The van der Waals surface area contributed by atoms with Gasteiger partial charge in [0.1, 0.15) is 11.6 Å². The summed E-state index contributed by atoms with van der Waals surface area (Å²) in [6.45, 7) is 2.04. The van der Waals surface area contributed by atoms with Gasteiger partial charge in [0.25, 0.3) is 0 Å². The zero-order valence-electron chi connectivity index (χ0n) is 15.5. The Morgan fingerprint density at radius 3 is 2.48 bits per heavy atom. The van der Waals surface area contributed by atoms with E-state index in [1.54, 1.807) is 42.3 Å². The Balaban J connectivity index is 1.83. The highest BCUT2D eigenvalue weighted by Gasteiger charge is 2.14. The Bertz CT molecular complexity index is 776. The monoisotopic (exact) mass is 373 g/mol. The lowest BCUT2D eigenvalue weighted by molar-refractivity contribution is -0.139. The number of carboxylic acid groups (broad SMARTS) is 1. The highest BCUT2D eigenvalue weighted by atomic mass is 19.1. The van der Waals surface area contributed by atoms with E-state index in [-0.39, 0.29) is 24.2 Å². The van der Waals surface area contributed by atoms with Crippen LogP contribution in [0.4, 0.5) is 4.39 Å². The summed E-state index contributed by atoms with van der Waals surface area (Å²) in [4.78, 5) is 24.6. The summed E-state index contributed by atoms with van der Waals surface area (Å²) in [5.41, 5.74) is 1.81. The van der Waals surface area contributed by atoms with Crippen molar-refractivity contribution in [3.63, 3.8) is 0 Å². The van der Waals surface area contributed by atoms with Crippen LogP contribution >= 0.6 is 0 Å². The van der Waals surface area contributed by atoms with Gasteiger partial charge in [-0.3, -0.25) is 4.79 Å². The predicted octanol–water partition coefficient (Wildman–Crippen LogP) is 3.52. The van der Waals surface area contributed by atoms with E-state index in [1.807, 2.05) is 13.0 Å². The normalized spacial score (nSPS) is 11.7. The van der Waals surface area contributed by atoms with E-state index in [1.165, 1.54) is 12.1 Å². The summed E-state index contributed by atoms with van der Waals surface area (Å²) in [5.74, 6) is -0.701. The van der Waals surface area contributed by atoms with E-state index < -0.39 is 5.97 Å². The van der Waals surface area contributed by atoms with Gasteiger partial charge in [-0.15, -0.1) is 0 Å². The zero-order chi connectivity index (χ0) is 19.8. The minimum Gasteiger partial charge on any atom is -0.482 e. The van der Waals surface area contributed by atoms with Gasteiger partial charge in [0, 0.05) is 20.0 Å². The average molecular weight is 373 g/mol. The lowest BCUT2D eigenvalue weighted by Gasteiger charge is -2.20.